The van der Waals surface area contributed by atoms with Crippen molar-refractivity contribution in [1.82, 2.24) is 15.0 Å². The van der Waals surface area contributed by atoms with E-state index in [1.54, 1.807) is 30.5 Å². The summed E-state index contributed by atoms with van der Waals surface area (Å²) in [4.78, 5) is 22.4. The Morgan fingerprint density at radius 2 is 2.13 bits per heavy atom. The molecule has 0 aliphatic rings. The fraction of sp³-hybridized carbons (Fsp3) is 0.188. The van der Waals surface area contributed by atoms with Crippen molar-refractivity contribution < 1.29 is 14.1 Å². The van der Waals surface area contributed by atoms with Gasteiger partial charge in [-0.15, -0.1) is 0 Å². The molecule has 0 fully saturated rings. The van der Waals surface area contributed by atoms with Crippen LogP contribution in [-0.2, 0) is 27.8 Å². The van der Waals surface area contributed by atoms with Gasteiger partial charge in [0.1, 0.15) is 10.9 Å². The number of benzene rings is 1. The number of carbonyl (C=O) groups is 1. The molecule has 0 bridgehead atoms. The van der Waals surface area contributed by atoms with Crippen molar-refractivity contribution in [2.24, 2.45) is 0 Å². The Kier molecular flexibility index (Phi) is 4.20. The van der Waals surface area contributed by atoms with Crippen LogP contribution in [0.5, 0.6) is 0 Å². The van der Waals surface area contributed by atoms with Crippen LogP contribution in [0.3, 0.4) is 0 Å². The summed E-state index contributed by atoms with van der Waals surface area (Å²) < 4.78 is 12.4. The first-order chi connectivity index (χ1) is 11.0. The number of aliphatic carboxylic acids is 1. The number of aryl methyl sites for hydroxylation is 1. The molecule has 1 atom stereocenters. The number of nitrogens with zero attached hydrogens (tertiary/aromatic N) is 2. The largest absolute Gasteiger partial charge is 0.481 e. The molecule has 118 valence electrons. The lowest BCUT2D eigenvalue weighted by Gasteiger charge is -2.00. The molecule has 2 N–H and O–H groups in total. The monoisotopic (exact) mass is 329 g/mol. The molecule has 0 radical (unpaired) electrons. The lowest BCUT2D eigenvalue weighted by Crippen LogP contribution is -2.00. The van der Waals surface area contributed by atoms with E-state index in [0.29, 0.717) is 16.4 Å². The predicted molar refractivity (Wildman–Crippen MR) is 86.5 cm³/mol. The Morgan fingerprint density at radius 1 is 1.30 bits per heavy atom. The van der Waals surface area contributed by atoms with E-state index in [1.165, 1.54) is 0 Å². The third-order valence-electron chi connectivity index (χ3n) is 3.34. The first kappa shape index (κ1) is 15.4. The molecular weight excluding hydrogens is 314 g/mol. The van der Waals surface area contributed by atoms with Crippen molar-refractivity contribution in [2.75, 3.05) is 0 Å². The molecule has 2 heterocycles. The lowest BCUT2D eigenvalue weighted by atomic mass is 10.1. The Balaban J connectivity index is 1.83. The maximum absolute atomic E-state index is 12.4. The number of hydrogen-bond donors (Lipinski definition) is 2. The first-order valence-corrected chi connectivity index (χ1v) is 8.33. The van der Waals surface area contributed by atoms with Crippen LogP contribution in [0.1, 0.15) is 17.0 Å². The van der Waals surface area contributed by atoms with Crippen LogP contribution in [0.25, 0.3) is 11.0 Å². The zero-order valence-corrected chi connectivity index (χ0v) is 13.3. The number of carboxylic acid groups (broad SMARTS) is 1. The van der Waals surface area contributed by atoms with Crippen molar-refractivity contribution >= 4 is 27.8 Å². The molecular formula is C16H15N3O3S. The van der Waals surface area contributed by atoms with Crippen molar-refractivity contribution in [3.63, 3.8) is 0 Å². The molecule has 6 nitrogen and oxygen atoms in total. The molecule has 0 saturated carbocycles. The zero-order valence-electron chi connectivity index (χ0n) is 12.4. The molecule has 0 amide bonds. The number of H-pyrrole nitrogens is 1. The van der Waals surface area contributed by atoms with Crippen LogP contribution >= 0.6 is 0 Å². The fourth-order valence-corrected chi connectivity index (χ4v) is 3.32. The highest BCUT2D eigenvalue weighted by Crippen LogP contribution is 2.17. The highest BCUT2D eigenvalue weighted by atomic mass is 32.2. The molecule has 1 aromatic carbocycles. The second-order valence-electron chi connectivity index (χ2n) is 5.27. The molecule has 2 aromatic heterocycles. The van der Waals surface area contributed by atoms with Crippen molar-refractivity contribution in [3.05, 3.63) is 53.5 Å². The fourth-order valence-electron chi connectivity index (χ4n) is 2.29. The van der Waals surface area contributed by atoms with E-state index >= 15 is 0 Å². The normalized spacial score (nSPS) is 12.4. The van der Waals surface area contributed by atoms with Gasteiger partial charge in [-0.1, -0.05) is 6.07 Å². The van der Waals surface area contributed by atoms with Gasteiger partial charge < -0.3 is 10.1 Å². The van der Waals surface area contributed by atoms with Gasteiger partial charge in [-0.3, -0.25) is 9.00 Å². The molecule has 3 rings (SSSR count). The van der Waals surface area contributed by atoms with Gasteiger partial charge in [0.25, 0.3) is 0 Å². The Hall–Kier alpha value is -2.54. The van der Waals surface area contributed by atoms with Crippen LogP contribution in [0.4, 0.5) is 0 Å². The van der Waals surface area contributed by atoms with Gasteiger partial charge in [0.2, 0.25) is 0 Å². The minimum atomic E-state index is -1.28. The number of imidazole rings is 1. The van der Waals surface area contributed by atoms with Crippen LogP contribution in [-0.4, -0.2) is 30.2 Å². The Bertz CT molecular complexity index is 904. The van der Waals surface area contributed by atoms with Crippen molar-refractivity contribution in [1.29, 1.82) is 0 Å². The van der Waals surface area contributed by atoms with Crippen LogP contribution in [0, 0.1) is 6.92 Å². The third-order valence-corrected chi connectivity index (χ3v) is 4.57. The SMILES string of the molecule is Cc1ccnc(S(=O)Cc2nc3ccc(CC(=O)O)cc3[nH]2)c1. The average Bonchev–Trinajstić information content (AvgIpc) is 2.88. The molecule has 7 heteroatoms. The lowest BCUT2D eigenvalue weighted by molar-refractivity contribution is -0.136. The third kappa shape index (κ3) is 3.62. The number of fused-ring (bicyclic) bond motifs is 1. The molecule has 0 spiro atoms. The van der Waals surface area contributed by atoms with Gasteiger partial charge >= 0.3 is 5.97 Å². The summed E-state index contributed by atoms with van der Waals surface area (Å²) in [5.74, 6) is -0.0517. The second-order valence-corrected chi connectivity index (χ2v) is 6.66. The number of hydrogen-bond acceptors (Lipinski definition) is 4. The summed E-state index contributed by atoms with van der Waals surface area (Å²) in [6.45, 7) is 1.92. The minimum Gasteiger partial charge on any atom is -0.481 e. The van der Waals surface area contributed by atoms with Gasteiger partial charge in [-0.25, -0.2) is 9.97 Å². The average molecular weight is 329 g/mol. The smallest absolute Gasteiger partial charge is 0.307 e. The number of nitrogens with one attached hydrogen (secondary N) is 1. The molecule has 0 aliphatic heterocycles. The van der Waals surface area contributed by atoms with Crippen molar-refractivity contribution in [2.45, 2.75) is 24.1 Å². The maximum Gasteiger partial charge on any atom is 0.307 e. The number of rotatable bonds is 5. The van der Waals surface area contributed by atoms with Crippen molar-refractivity contribution in [3.8, 4) is 0 Å². The van der Waals surface area contributed by atoms with E-state index < -0.39 is 16.8 Å². The highest BCUT2D eigenvalue weighted by molar-refractivity contribution is 7.84. The number of pyridine rings is 1. The van der Waals surface area contributed by atoms with E-state index in [1.807, 2.05) is 13.0 Å². The summed E-state index contributed by atoms with van der Waals surface area (Å²) in [5, 5.41) is 9.36. The standard InChI is InChI=1S/C16H15N3O3S/c1-10-4-5-17-15(6-10)23(22)9-14-18-12-3-2-11(8-16(20)21)7-13(12)19-14/h2-7H,8-9H2,1H3,(H,18,19)(H,20,21). The van der Waals surface area contributed by atoms with E-state index in [9.17, 15) is 9.00 Å². The predicted octanol–water partition coefficient (Wildman–Crippen LogP) is 2.20. The molecule has 0 aliphatic carbocycles. The summed E-state index contributed by atoms with van der Waals surface area (Å²) in [6.07, 6.45) is 1.60. The highest BCUT2D eigenvalue weighted by Gasteiger charge is 2.11. The van der Waals surface area contributed by atoms with E-state index in [4.69, 9.17) is 5.11 Å². The quantitative estimate of drug-likeness (QED) is 0.748. The number of aromatic nitrogens is 3. The van der Waals surface area contributed by atoms with Gasteiger partial charge in [-0.2, -0.15) is 0 Å². The van der Waals surface area contributed by atoms with E-state index in [-0.39, 0.29) is 12.2 Å². The van der Waals surface area contributed by atoms with Gasteiger partial charge in [0.05, 0.1) is 34.0 Å². The summed E-state index contributed by atoms with van der Waals surface area (Å²) in [6, 6.07) is 8.91. The van der Waals surface area contributed by atoms with Gasteiger partial charge in [-0.05, 0) is 42.3 Å². The van der Waals surface area contributed by atoms with E-state index in [2.05, 4.69) is 15.0 Å². The summed E-state index contributed by atoms with van der Waals surface area (Å²) in [5.41, 5.74) is 3.17. The van der Waals surface area contributed by atoms with Gasteiger partial charge in [0, 0.05) is 6.20 Å². The first-order valence-electron chi connectivity index (χ1n) is 7.01. The van der Waals surface area contributed by atoms with E-state index in [0.717, 1.165) is 16.6 Å². The maximum atomic E-state index is 12.4. The molecule has 0 saturated heterocycles. The van der Waals surface area contributed by atoms with Crippen LogP contribution < -0.4 is 0 Å². The number of aromatic amines is 1. The van der Waals surface area contributed by atoms with Crippen LogP contribution in [0.15, 0.2) is 41.6 Å². The topological polar surface area (TPSA) is 95.9 Å². The Morgan fingerprint density at radius 3 is 2.87 bits per heavy atom. The second kappa shape index (κ2) is 6.29. The summed E-state index contributed by atoms with van der Waals surface area (Å²) in [7, 11) is -1.28. The summed E-state index contributed by atoms with van der Waals surface area (Å²) >= 11 is 0. The zero-order chi connectivity index (χ0) is 16.4. The molecule has 23 heavy (non-hydrogen) atoms. The minimum absolute atomic E-state index is 0.0383. The van der Waals surface area contributed by atoms with Crippen LogP contribution in [0.2, 0.25) is 0 Å². The van der Waals surface area contributed by atoms with Gasteiger partial charge in [0.15, 0.2) is 0 Å². The Labute approximate surface area is 135 Å². The molecule has 3 aromatic rings. The number of carboxylic acids is 1. The molecule has 1 unspecified atom stereocenters.